The first-order chi connectivity index (χ1) is 9.08. The second kappa shape index (κ2) is 6.24. The molecule has 0 aliphatic carbocycles. The zero-order chi connectivity index (χ0) is 13.8. The Morgan fingerprint density at radius 2 is 2.26 bits per heavy atom. The van der Waals surface area contributed by atoms with E-state index in [4.69, 9.17) is 9.52 Å². The summed E-state index contributed by atoms with van der Waals surface area (Å²) in [5.41, 5.74) is 0.787. The van der Waals surface area contributed by atoms with E-state index in [9.17, 15) is 4.79 Å². The van der Waals surface area contributed by atoms with Gasteiger partial charge in [0.2, 0.25) is 5.76 Å². The Bertz CT molecular complexity index is 425. The molecule has 1 saturated heterocycles. The molecule has 1 fully saturated rings. The minimum Gasteiger partial charge on any atom is -0.475 e. The molecule has 1 unspecified atom stereocenters. The van der Waals surface area contributed by atoms with Gasteiger partial charge in [0, 0.05) is 12.1 Å². The first-order valence-electron chi connectivity index (χ1n) is 7.10. The van der Waals surface area contributed by atoms with Gasteiger partial charge in [-0.2, -0.15) is 0 Å². The molecular formula is C15H23NO3. The highest BCUT2D eigenvalue weighted by Gasteiger charge is 2.21. The maximum absolute atomic E-state index is 11.0. The summed E-state index contributed by atoms with van der Waals surface area (Å²) in [7, 11) is 0. The fourth-order valence-electron chi connectivity index (χ4n) is 2.90. The summed E-state index contributed by atoms with van der Waals surface area (Å²) in [6.07, 6.45) is 5.15. The van der Waals surface area contributed by atoms with Crippen LogP contribution in [0.5, 0.6) is 0 Å². The van der Waals surface area contributed by atoms with Crippen molar-refractivity contribution in [1.29, 1.82) is 0 Å². The molecule has 0 bridgehead atoms. The molecule has 0 amide bonds. The highest BCUT2D eigenvalue weighted by molar-refractivity contribution is 5.86. The van der Waals surface area contributed by atoms with Crippen molar-refractivity contribution in [3.8, 4) is 0 Å². The van der Waals surface area contributed by atoms with Gasteiger partial charge in [-0.1, -0.05) is 13.8 Å². The van der Waals surface area contributed by atoms with Gasteiger partial charge in [-0.25, -0.2) is 4.79 Å². The Hall–Kier alpha value is -1.29. The van der Waals surface area contributed by atoms with E-state index in [0.717, 1.165) is 30.5 Å². The van der Waals surface area contributed by atoms with Crippen molar-refractivity contribution in [1.82, 2.24) is 4.90 Å². The number of aromatic carboxylic acids is 1. The standard InChI is InChI=1S/C15H23NO3/c1-11(2)12-4-3-7-16(8-5-12)10-13-6-9-19-14(13)15(17)18/h6,9,11-12H,3-5,7-8,10H2,1-2H3,(H,17,18). The van der Waals surface area contributed by atoms with Gasteiger partial charge >= 0.3 is 5.97 Å². The largest absolute Gasteiger partial charge is 0.475 e. The predicted molar refractivity (Wildman–Crippen MR) is 73.1 cm³/mol. The fourth-order valence-corrected chi connectivity index (χ4v) is 2.90. The average molecular weight is 265 g/mol. The van der Waals surface area contributed by atoms with E-state index in [1.807, 2.05) is 0 Å². The highest BCUT2D eigenvalue weighted by atomic mass is 16.4. The van der Waals surface area contributed by atoms with Crippen molar-refractivity contribution in [3.05, 3.63) is 23.7 Å². The normalized spacial score (nSPS) is 21.5. The van der Waals surface area contributed by atoms with Crippen molar-refractivity contribution in [2.24, 2.45) is 11.8 Å². The first kappa shape index (κ1) is 14.1. The van der Waals surface area contributed by atoms with Gasteiger partial charge in [0.05, 0.1) is 6.26 Å². The molecule has 1 aromatic rings. The van der Waals surface area contributed by atoms with Crippen LogP contribution in [0.25, 0.3) is 0 Å². The van der Waals surface area contributed by atoms with E-state index >= 15 is 0 Å². The minimum absolute atomic E-state index is 0.0876. The summed E-state index contributed by atoms with van der Waals surface area (Å²) in [5.74, 6) is 0.649. The van der Waals surface area contributed by atoms with E-state index in [1.165, 1.54) is 25.5 Å². The van der Waals surface area contributed by atoms with E-state index in [0.29, 0.717) is 6.54 Å². The number of hydrogen-bond acceptors (Lipinski definition) is 3. The lowest BCUT2D eigenvalue weighted by Crippen LogP contribution is -2.25. The summed E-state index contributed by atoms with van der Waals surface area (Å²) in [5, 5.41) is 9.04. The third kappa shape index (κ3) is 3.60. The number of likely N-dealkylation sites (tertiary alicyclic amines) is 1. The van der Waals surface area contributed by atoms with Gasteiger partial charge in [-0.3, -0.25) is 4.90 Å². The Morgan fingerprint density at radius 3 is 2.95 bits per heavy atom. The Balaban J connectivity index is 1.96. The SMILES string of the molecule is CC(C)C1CCCN(Cc2ccoc2C(=O)O)CC1. The topological polar surface area (TPSA) is 53.7 Å². The van der Waals surface area contributed by atoms with Crippen LogP contribution in [0, 0.1) is 11.8 Å². The lowest BCUT2D eigenvalue weighted by molar-refractivity contribution is 0.0659. The summed E-state index contributed by atoms with van der Waals surface area (Å²) < 4.78 is 5.03. The number of carboxylic acid groups (broad SMARTS) is 1. The second-order valence-corrected chi connectivity index (χ2v) is 5.79. The molecule has 2 rings (SSSR count). The predicted octanol–water partition coefficient (Wildman–Crippen LogP) is 3.24. The maximum atomic E-state index is 11.0. The summed E-state index contributed by atoms with van der Waals surface area (Å²) in [6.45, 7) is 7.36. The van der Waals surface area contributed by atoms with Gasteiger partial charge in [0.15, 0.2) is 0 Å². The molecule has 2 heterocycles. The molecule has 19 heavy (non-hydrogen) atoms. The third-order valence-electron chi connectivity index (χ3n) is 4.14. The molecule has 106 valence electrons. The molecule has 1 atom stereocenters. The van der Waals surface area contributed by atoms with Crippen LogP contribution < -0.4 is 0 Å². The summed E-state index contributed by atoms with van der Waals surface area (Å²) in [6, 6.07) is 1.77. The summed E-state index contributed by atoms with van der Waals surface area (Å²) in [4.78, 5) is 13.4. The number of hydrogen-bond donors (Lipinski definition) is 1. The van der Waals surface area contributed by atoms with Gasteiger partial charge < -0.3 is 9.52 Å². The molecule has 0 radical (unpaired) electrons. The van der Waals surface area contributed by atoms with Crippen molar-refractivity contribution in [3.63, 3.8) is 0 Å². The van der Waals surface area contributed by atoms with Crippen LogP contribution in [0.4, 0.5) is 0 Å². The van der Waals surface area contributed by atoms with Gasteiger partial charge in [0.1, 0.15) is 0 Å². The van der Waals surface area contributed by atoms with Crippen LogP contribution in [0.1, 0.15) is 49.2 Å². The molecule has 0 spiro atoms. The summed E-state index contributed by atoms with van der Waals surface area (Å²) >= 11 is 0. The molecular weight excluding hydrogens is 242 g/mol. The van der Waals surface area contributed by atoms with Crippen LogP contribution in [-0.2, 0) is 6.54 Å². The number of rotatable bonds is 4. The van der Waals surface area contributed by atoms with Crippen LogP contribution in [-0.4, -0.2) is 29.1 Å². The lowest BCUT2D eigenvalue weighted by atomic mass is 9.89. The van der Waals surface area contributed by atoms with Crippen LogP contribution in [0.15, 0.2) is 16.7 Å². The van der Waals surface area contributed by atoms with E-state index < -0.39 is 5.97 Å². The number of nitrogens with zero attached hydrogens (tertiary/aromatic N) is 1. The van der Waals surface area contributed by atoms with Gasteiger partial charge in [0.25, 0.3) is 0 Å². The molecule has 0 saturated carbocycles. The smallest absolute Gasteiger partial charge is 0.372 e. The van der Waals surface area contributed by atoms with Gasteiger partial charge in [-0.15, -0.1) is 0 Å². The molecule has 1 aliphatic rings. The van der Waals surface area contributed by atoms with Crippen LogP contribution >= 0.6 is 0 Å². The quantitative estimate of drug-likeness (QED) is 0.908. The average Bonchev–Trinajstić information content (AvgIpc) is 2.67. The maximum Gasteiger partial charge on any atom is 0.372 e. The number of furan rings is 1. The molecule has 1 aliphatic heterocycles. The fraction of sp³-hybridized carbons (Fsp3) is 0.667. The molecule has 4 heteroatoms. The number of carboxylic acids is 1. The van der Waals surface area contributed by atoms with Crippen molar-refractivity contribution >= 4 is 5.97 Å². The Labute approximate surface area is 114 Å². The van der Waals surface area contributed by atoms with Crippen molar-refractivity contribution in [2.45, 2.75) is 39.7 Å². The molecule has 1 aromatic heterocycles. The van der Waals surface area contributed by atoms with Crippen LogP contribution in [0.2, 0.25) is 0 Å². The molecule has 0 aromatic carbocycles. The van der Waals surface area contributed by atoms with Gasteiger partial charge in [-0.05, 0) is 50.3 Å². The highest BCUT2D eigenvalue weighted by Crippen LogP contribution is 2.25. The Morgan fingerprint density at radius 1 is 1.47 bits per heavy atom. The van der Waals surface area contributed by atoms with Crippen LogP contribution in [0.3, 0.4) is 0 Å². The molecule has 1 N–H and O–H groups in total. The first-order valence-corrected chi connectivity index (χ1v) is 7.10. The monoisotopic (exact) mass is 265 g/mol. The second-order valence-electron chi connectivity index (χ2n) is 5.79. The van der Waals surface area contributed by atoms with Crippen molar-refractivity contribution in [2.75, 3.05) is 13.1 Å². The van der Waals surface area contributed by atoms with E-state index in [2.05, 4.69) is 18.7 Å². The van der Waals surface area contributed by atoms with E-state index in [1.54, 1.807) is 6.07 Å². The third-order valence-corrected chi connectivity index (χ3v) is 4.14. The minimum atomic E-state index is -0.977. The van der Waals surface area contributed by atoms with E-state index in [-0.39, 0.29) is 5.76 Å². The number of carbonyl (C=O) groups is 1. The van der Waals surface area contributed by atoms with Crippen molar-refractivity contribution < 1.29 is 14.3 Å². The zero-order valence-electron chi connectivity index (χ0n) is 11.8. The molecule has 4 nitrogen and oxygen atoms in total. The zero-order valence-corrected chi connectivity index (χ0v) is 11.8. The Kier molecular flexibility index (Phi) is 4.64. The lowest BCUT2D eigenvalue weighted by Gasteiger charge is -2.20.